The van der Waals surface area contributed by atoms with Crippen LogP contribution in [0.5, 0.6) is 0 Å². The average Bonchev–Trinajstić information content (AvgIpc) is 2.90. The van der Waals surface area contributed by atoms with Crippen LogP contribution < -0.4 is 4.46 Å². The molecule has 0 aromatic heterocycles. The molecule has 1 aromatic rings. The van der Waals surface area contributed by atoms with Crippen molar-refractivity contribution in [2.24, 2.45) is 17.3 Å². The van der Waals surface area contributed by atoms with Crippen molar-refractivity contribution in [1.29, 1.82) is 0 Å². The van der Waals surface area contributed by atoms with E-state index in [4.69, 9.17) is 0 Å². The van der Waals surface area contributed by atoms with Gasteiger partial charge in [-0.15, -0.1) is 0 Å². The summed E-state index contributed by atoms with van der Waals surface area (Å²) in [5.74, 6) is 1.10. The van der Waals surface area contributed by atoms with Gasteiger partial charge in [0, 0.05) is 0 Å². The van der Waals surface area contributed by atoms with E-state index in [0.717, 1.165) is 4.46 Å². The van der Waals surface area contributed by atoms with E-state index in [-0.39, 0.29) is 25.1 Å². The molecule has 1 fully saturated rings. The Bertz CT molecular complexity index is 577. The Hall–Kier alpha value is -1.11. The van der Waals surface area contributed by atoms with Crippen molar-refractivity contribution < 1.29 is 4.79 Å². The van der Waals surface area contributed by atoms with Crippen LogP contribution in [0.1, 0.15) is 34.6 Å². The van der Waals surface area contributed by atoms with Gasteiger partial charge in [0.15, 0.2) is 0 Å². The molecule has 0 aliphatic heterocycles. The van der Waals surface area contributed by atoms with Crippen LogP contribution >= 0.6 is 0 Å². The van der Waals surface area contributed by atoms with Gasteiger partial charge in [0.25, 0.3) is 0 Å². The van der Waals surface area contributed by atoms with Crippen LogP contribution in [0.15, 0.2) is 53.6 Å². The molecule has 0 N–H and O–H groups in total. The second-order valence-corrected chi connectivity index (χ2v) is 8.95. The van der Waals surface area contributed by atoms with Gasteiger partial charge >= 0.3 is 134 Å². The van der Waals surface area contributed by atoms with Crippen molar-refractivity contribution in [3.8, 4) is 0 Å². The predicted octanol–water partition coefficient (Wildman–Crippen LogP) is 3.73. The number of rotatable bonds is 5. The van der Waals surface area contributed by atoms with Crippen molar-refractivity contribution in [3.05, 3.63) is 53.6 Å². The van der Waals surface area contributed by atoms with E-state index in [1.165, 1.54) is 11.1 Å². The maximum atomic E-state index is 12.2. The molecule has 0 amide bonds. The molecule has 1 aliphatic rings. The van der Waals surface area contributed by atoms with E-state index in [1.807, 2.05) is 36.4 Å². The van der Waals surface area contributed by atoms with Crippen molar-refractivity contribution >= 4 is 24.1 Å². The van der Waals surface area contributed by atoms with E-state index in [0.29, 0.717) is 11.8 Å². The molecule has 0 spiro atoms. The van der Waals surface area contributed by atoms with Gasteiger partial charge in [-0.05, 0) is 0 Å². The monoisotopic (exact) mass is 348 g/mol. The maximum absolute atomic E-state index is 12.2. The minimum absolute atomic E-state index is 0.104. The molecule has 0 heterocycles. The van der Waals surface area contributed by atoms with Gasteiger partial charge in [0.2, 0.25) is 0 Å². The van der Waals surface area contributed by atoms with Crippen molar-refractivity contribution in [2.45, 2.75) is 34.6 Å². The van der Waals surface area contributed by atoms with Crippen molar-refractivity contribution in [2.75, 3.05) is 0 Å². The normalized spacial score (nSPS) is 23.6. The molecule has 0 saturated heterocycles. The van der Waals surface area contributed by atoms with Crippen molar-refractivity contribution in [1.82, 2.24) is 0 Å². The van der Waals surface area contributed by atoms with E-state index in [1.54, 1.807) is 0 Å². The SMILES string of the molecule is CC(C)=CC1C(/C(C)=C/C(=O)[Se]c2ccccc2)C1(C)C. The molecule has 0 radical (unpaired) electrons. The second-order valence-electron chi connectivity index (χ2n) is 6.69. The second kappa shape index (κ2) is 6.34. The Balaban J connectivity index is 2.05. The fourth-order valence-corrected chi connectivity index (χ4v) is 4.74. The third-order valence-corrected chi connectivity index (χ3v) is 5.96. The standard InChI is InChI=1S/C19H24OSe/c1-13(2)11-16-18(19(16,4)5)14(3)12-17(20)21-15-9-7-6-8-10-15/h6-12,16,18H,1-5H3/b14-12+. The molecule has 2 heteroatoms. The number of carbonyl (C=O) groups excluding carboxylic acids is 1. The van der Waals surface area contributed by atoms with E-state index >= 15 is 0 Å². The third kappa shape index (κ3) is 3.96. The van der Waals surface area contributed by atoms with E-state index in [2.05, 4.69) is 40.7 Å². The third-order valence-electron chi connectivity index (χ3n) is 4.22. The summed E-state index contributed by atoms with van der Waals surface area (Å²) in [6.45, 7) is 11.0. The molecule has 0 bridgehead atoms. The number of hydrogen-bond donors (Lipinski definition) is 0. The fourth-order valence-electron chi connectivity index (χ4n) is 3.13. The molecule has 1 aliphatic carbocycles. The first-order chi connectivity index (χ1) is 9.82. The average molecular weight is 347 g/mol. The quantitative estimate of drug-likeness (QED) is 0.451. The molecule has 1 nitrogen and oxygen atoms in total. The zero-order valence-electron chi connectivity index (χ0n) is 13.5. The van der Waals surface area contributed by atoms with Crippen LogP contribution in [0.4, 0.5) is 0 Å². The Morgan fingerprint density at radius 2 is 1.76 bits per heavy atom. The Morgan fingerprint density at radius 3 is 2.33 bits per heavy atom. The summed E-state index contributed by atoms with van der Waals surface area (Å²) >= 11 is -0.104. The summed E-state index contributed by atoms with van der Waals surface area (Å²) in [4.78, 5) is 12.2. The van der Waals surface area contributed by atoms with Gasteiger partial charge in [-0.3, -0.25) is 0 Å². The molecular weight excluding hydrogens is 323 g/mol. The zero-order chi connectivity index (χ0) is 15.6. The molecule has 1 saturated carbocycles. The van der Waals surface area contributed by atoms with Crippen LogP contribution in [-0.2, 0) is 4.79 Å². The van der Waals surface area contributed by atoms with Gasteiger partial charge in [-0.25, -0.2) is 0 Å². The van der Waals surface area contributed by atoms with Crippen LogP contribution in [0.25, 0.3) is 0 Å². The van der Waals surface area contributed by atoms with Crippen LogP contribution in [-0.4, -0.2) is 19.6 Å². The molecule has 1 aromatic carbocycles. The van der Waals surface area contributed by atoms with E-state index < -0.39 is 0 Å². The Morgan fingerprint density at radius 1 is 1.14 bits per heavy atom. The molecule has 112 valence electrons. The predicted molar refractivity (Wildman–Crippen MR) is 90.8 cm³/mol. The van der Waals surface area contributed by atoms with Crippen LogP contribution in [0.2, 0.25) is 0 Å². The topological polar surface area (TPSA) is 17.1 Å². The Labute approximate surface area is 134 Å². The van der Waals surface area contributed by atoms with Gasteiger partial charge in [0.1, 0.15) is 0 Å². The summed E-state index contributed by atoms with van der Waals surface area (Å²) in [6.07, 6.45) is 4.24. The Kier molecular flexibility index (Phi) is 4.91. The van der Waals surface area contributed by atoms with Gasteiger partial charge in [-0.2, -0.15) is 0 Å². The molecule has 21 heavy (non-hydrogen) atoms. The van der Waals surface area contributed by atoms with Crippen molar-refractivity contribution in [3.63, 3.8) is 0 Å². The number of hydrogen-bond acceptors (Lipinski definition) is 1. The van der Waals surface area contributed by atoms with Crippen LogP contribution in [0.3, 0.4) is 0 Å². The molecule has 2 rings (SSSR count). The molecule has 2 unspecified atom stereocenters. The summed E-state index contributed by atoms with van der Waals surface area (Å²) < 4.78 is 1.42. The first kappa shape index (κ1) is 16.3. The van der Waals surface area contributed by atoms with Gasteiger partial charge in [-0.1, -0.05) is 0 Å². The first-order valence-electron chi connectivity index (χ1n) is 7.42. The minimum atomic E-state index is -0.104. The van der Waals surface area contributed by atoms with Gasteiger partial charge < -0.3 is 0 Å². The molecular formula is C19H24OSe. The van der Waals surface area contributed by atoms with Crippen LogP contribution in [0, 0.1) is 17.3 Å². The summed E-state index contributed by atoms with van der Waals surface area (Å²) in [5, 5.41) is 0. The molecule has 2 atom stereocenters. The fraction of sp³-hybridized carbons (Fsp3) is 0.421. The number of allylic oxidation sites excluding steroid dienone is 4. The first-order valence-corrected chi connectivity index (χ1v) is 9.13. The summed E-state index contributed by atoms with van der Waals surface area (Å²) in [7, 11) is 0. The summed E-state index contributed by atoms with van der Waals surface area (Å²) in [6, 6.07) is 10.1. The van der Waals surface area contributed by atoms with E-state index in [9.17, 15) is 4.79 Å². The number of carbonyl (C=O) groups is 1. The van der Waals surface area contributed by atoms with Gasteiger partial charge in [0.05, 0.1) is 0 Å². The summed E-state index contributed by atoms with van der Waals surface area (Å²) in [5.41, 5.74) is 2.89. The number of benzene rings is 1. The zero-order valence-corrected chi connectivity index (χ0v) is 15.2.